The second kappa shape index (κ2) is 7.00. The number of nitrogens with zero attached hydrogens (tertiary/aromatic N) is 1. The van der Waals surface area contributed by atoms with Crippen LogP contribution in [0.4, 0.5) is 0 Å². The van der Waals surface area contributed by atoms with Crippen LogP contribution in [0.2, 0.25) is 0 Å². The van der Waals surface area contributed by atoms with Crippen LogP contribution in [-0.4, -0.2) is 49.0 Å². The highest BCUT2D eigenvalue weighted by molar-refractivity contribution is 9.10. The van der Waals surface area contributed by atoms with Gasteiger partial charge in [0.05, 0.1) is 6.04 Å². The van der Waals surface area contributed by atoms with Crippen LogP contribution in [0.5, 0.6) is 0 Å². The molecule has 1 aliphatic rings. The van der Waals surface area contributed by atoms with Gasteiger partial charge >= 0.3 is 0 Å². The number of hydrogen-bond acceptors (Lipinski definition) is 5. The molecule has 7 heteroatoms. The van der Waals surface area contributed by atoms with Crippen LogP contribution in [0.1, 0.15) is 18.5 Å². The summed E-state index contributed by atoms with van der Waals surface area (Å²) in [6.07, 6.45) is 1.32. The fraction of sp³-hybridized carbons (Fsp3) is 0.571. The highest BCUT2D eigenvalue weighted by atomic mass is 79.9. The number of halogens is 1. The van der Waals surface area contributed by atoms with Crippen LogP contribution in [0.15, 0.2) is 28.7 Å². The molecule has 2 rings (SSSR count). The van der Waals surface area contributed by atoms with Crippen LogP contribution < -0.4 is 5.73 Å². The molecule has 118 valence electrons. The average Bonchev–Trinajstić information content (AvgIpc) is 2.40. The highest BCUT2D eigenvalue weighted by Gasteiger charge is 2.37. The van der Waals surface area contributed by atoms with Crippen molar-refractivity contribution in [2.75, 3.05) is 24.3 Å². The van der Waals surface area contributed by atoms with E-state index < -0.39 is 15.2 Å². The number of thioether (sulfide) groups is 1. The van der Waals surface area contributed by atoms with Gasteiger partial charge in [-0.05, 0) is 24.6 Å². The predicted molar refractivity (Wildman–Crippen MR) is 93.2 cm³/mol. The van der Waals surface area contributed by atoms with E-state index in [0.29, 0.717) is 5.75 Å². The third-order valence-corrected chi connectivity index (χ3v) is 6.87. The molecule has 0 spiro atoms. The van der Waals surface area contributed by atoms with Crippen molar-refractivity contribution in [3.05, 3.63) is 34.3 Å². The van der Waals surface area contributed by atoms with Gasteiger partial charge in [-0.2, -0.15) is 11.8 Å². The Morgan fingerprint density at radius 1 is 1.38 bits per heavy atom. The normalized spacial score (nSPS) is 23.7. The maximum Gasteiger partial charge on any atom is 0.164 e. The van der Waals surface area contributed by atoms with Gasteiger partial charge in [-0.15, -0.1) is 0 Å². The standard InChI is InChI=1S/C14H21BrN2O2S2/c1-10(16)14(11-3-5-12(15)6-4-11)17-7-8-20-9-13(17)21(2,18)19/h3-6,10,13-14H,7-9,16H2,1-2H3. The fourth-order valence-electron chi connectivity index (χ4n) is 2.74. The molecule has 1 heterocycles. The smallest absolute Gasteiger partial charge is 0.164 e. The van der Waals surface area contributed by atoms with Gasteiger partial charge in [-0.25, -0.2) is 8.42 Å². The lowest BCUT2D eigenvalue weighted by molar-refractivity contribution is 0.172. The molecule has 3 unspecified atom stereocenters. The fourth-order valence-corrected chi connectivity index (χ4v) is 5.91. The van der Waals surface area contributed by atoms with E-state index in [-0.39, 0.29) is 12.1 Å². The number of benzene rings is 1. The van der Waals surface area contributed by atoms with Gasteiger partial charge in [0.2, 0.25) is 0 Å². The average molecular weight is 393 g/mol. The van der Waals surface area contributed by atoms with Crippen molar-refractivity contribution in [2.45, 2.75) is 24.4 Å². The van der Waals surface area contributed by atoms with Crippen LogP contribution >= 0.6 is 27.7 Å². The summed E-state index contributed by atoms with van der Waals surface area (Å²) >= 11 is 5.12. The zero-order valence-electron chi connectivity index (χ0n) is 12.2. The minimum absolute atomic E-state index is 0.0845. The summed E-state index contributed by atoms with van der Waals surface area (Å²) in [6.45, 7) is 2.68. The lowest BCUT2D eigenvalue weighted by Crippen LogP contribution is -2.52. The second-order valence-electron chi connectivity index (χ2n) is 5.45. The Labute approximate surface area is 139 Å². The van der Waals surface area contributed by atoms with Gasteiger partial charge in [0.1, 0.15) is 5.37 Å². The quantitative estimate of drug-likeness (QED) is 0.850. The highest BCUT2D eigenvalue weighted by Crippen LogP contribution is 2.32. The molecule has 2 N–H and O–H groups in total. The lowest BCUT2D eigenvalue weighted by Gasteiger charge is -2.41. The molecule has 3 atom stereocenters. The molecule has 0 aromatic heterocycles. The molecular formula is C14H21BrN2O2S2. The van der Waals surface area contributed by atoms with E-state index in [0.717, 1.165) is 22.3 Å². The van der Waals surface area contributed by atoms with Crippen LogP contribution in [0, 0.1) is 0 Å². The van der Waals surface area contributed by atoms with Crippen molar-refractivity contribution < 1.29 is 8.42 Å². The first kappa shape index (κ1) is 17.3. The summed E-state index contributed by atoms with van der Waals surface area (Å²) in [5.41, 5.74) is 7.25. The summed E-state index contributed by atoms with van der Waals surface area (Å²) in [7, 11) is -3.13. The molecule has 21 heavy (non-hydrogen) atoms. The van der Waals surface area contributed by atoms with E-state index in [2.05, 4.69) is 20.8 Å². The van der Waals surface area contributed by atoms with E-state index in [1.165, 1.54) is 6.26 Å². The number of hydrogen-bond donors (Lipinski definition) is 1. The molecule has 0 amide bonds. The van der Waals surface area contributed by atoms with Gasteiger partial charge < -0.3 is 5.73 Å². The molecule has 0 radical (unpaired) electrons. The van der Waals surface area contributed by atoms with Crippen molar-refractivity contribution >= 4 is 37.5 Å². The monoisotopic (exact) mass is 392 g/mol. The maximum absolute atomic E-state index is 12.1. The summed E-state index contributed by atoms with van der Waals surface area (Å²) in [5, 5.41) is -0.462. The molecule has 1 aromatic rings. The van der Waals surface area contributed by atoms with Crippen LogP contribution in [-0.2, 0) is 9.84 Å². The van der Waals surface area contributed by atoms with E-state index in [1.54, 1.807) is 11.8 Å². The summed E-state index contributed by atoms with van der Waals surface area (Å²) in [4.78, 5) is 2.06. The summed E-state index contributed by atoms with van der Waals surface area (Å²) < 4.78 is 25.2. The van der Waals surface area contributed by atoms with Crippen molar-refractivity contribution in [3.8, 4) is 0 Å². The Bertz CT molecular complexity index is 575. The zero-order valence-corrected chi connectivity index (χ0v) is 15.4. The summed E-state index contributed by atoms with van der Waals surface area (Å²) in [6, 6.07) is 7.74. The van der Waals surface area contributed by atoms with Crippen molar-refractivity contribution in [3.63, 3.8) is 0 Å². The molecule has 1 aliphatic heterocycles. The first-order valence-corrected chi connectivity index (χ1v) is 10.7. The molecular weight excluding hydrogens is 372 g/mol. The molecule has 0 aliphatic carbocycles. The van der Waals surface area contributed by atoms with Crippen LogP contribution in [0.3, 0.4) is 0 Å². The van der Waals surface area contributed by atoms with E-state index >= 15 is 0 Å². The van der Waals surface area contributed by atoms with Crippen molar-refractivity contribution in [1.29, 1.82) is 0 Å². The van der Waals surface area contributed by atoms with Crippen molar-refractivity contribution in [2.24, 2.45) is 5.73 Å². The predicted octanol–water partition coefficient (Wildman–Crippen LogP) is 2.26. The van der Waals surface area contributed by atoms with E-state index in [4.69, 9.17) is 5.73 Å². The molecule has 4 nitrogen and oxygen atoms in total. The van der Waals surface area contributed by atoms with E-state index in [9.17, 15) is 8.42 Å². The second-order valence-corrected chi connectivity index (χ2v) is 9.72. The largest absolute Gasteiger partial charge is 0.326 e. The first-order chi connectivity index (χ1) is 9.80. The van der Waals surface area contributed by atoms with Gasteiger partial charge in [-0.1, -0.05) is 28.1 Å². The molecule has 0 bridgehead atoms. The Hall–Kier alpha value is -0.0800. The molecule has 0 saturated carbocycles. The van der Waals surface area contributed by atoms with Gasteiger partial charge in [0, 0.05) is 34.8 Å². The molecule has 1 fully saturated rings. The zero-order chi connectivity index (χ0) is 15.6. The Kier molecular flexibility index (Phi) is 5.76. The Morgan fingerprint density at radius 2 is 2.00 bits per heavy atom. The minimum atomic E-state index is -3.13. The third kappa shape index (κ3) is 4.22. The van der Waals surface area contributed by atoms with Crippen LogP contribution in [0.25, 0.3) is 0 Å². The SMILES string of the molecule is CC(N)C(c1ccc(Br)cc1)N1CCSCC1S(C)(=O)=O. The van der Waals surface area contributed by atoms with E-state index in [1.807, 2.05) is 31.2 Å². The maximum atomic E-state index is 12.1. The number of rotatable bonds is 4. The van der Waals surface area contributed by atoms with Gasteiger partial charge in [-0.3, -0.25) is 4.90 Å². The van der Waals surface area contributed by atoms with Gasteiger partial charge in [0.15, 0.2) is 9.84 Å². The minimum Gasteiger partial charge on any atom is -0.326 e. The summed E-state index contributed by atoms with van der Waals surface area (Å²) in [5.74, 6) is 1.55. The number of sulfone groups is 1. The third-order valence-electron chi connectivity index (χ3n) is 3.69. The first-order valence-electron chi connectivity index (χ1n) is 6.84. The Balaban J connectivity index is 2.38. The topological polar surface area (TPSA) is 63.4 Å². The number of nitrogens with two attached hydrogens (primary N) is 1. The van der Waals surface area contributed by atoms with Gasteiger partial charge in [0.25, 0.3) is 0 Å². The molecule has 1 aromatic carbocycles. The van der Waals surface area contributed by atoms with Crippen molar-refractivity contribution in [1.82, 2.24) is 4.90 Å². The Morgan fingerprint density at radius 3 is 2.52 bits per heavy atom. The lowest BCUT2D eigenvalue weighted by atomic mass is 9.99. The molecule has 1 saturated heterocycles.